The second-order valence-corrected chi connectivity index (χ2v) is 7.65. The van der Waals surface area contributed by atoms with E-state index in [1.807, 2.05) is 54.6 Å². The molecule has 0 atom stereocenters. The van der Waals surface area contributed by atoms with E-state index in [9.17, 15) is 0 Å². The molecule has 1 heterocycles. The predicted octanol–water partition coefficient (Wildman–Crippen LogP) is 7.82. The number of hydrogen-bond donors (Lipinski definition) is 0. The van der Waals surface area contributed by atoms with Crippen molar-refractivity contribution in [2.75, 3.05) is 0 Å². The van der Waals surface area contributed by atoms with Gasteiger partial charge in [-0.15, -0.1) is 0 Å². The maximum absolute atomic E-state index is 6.43. The highest BCUT2D eigenvalue weighted by Crippen LogP contribution is 2.33. The fraction of sp³-hybridized carbons (Fsp3) is 0. The van der Waals surface area contributed by atoms with Crippen molar-refractivity contribution in [3.63, 3.8) is 0 Å². The molecule has 4 rings (SSSR count). The topological polar surface area (TPSA) is 17.8 Å². The van der Waals surface area contributed by atoms with Crippen LogP contribution in [0.1, 0.15) is 0 Å². The van der Waals surface area contributed by atoms with Crippen molar-refractivity contribution < 1.29 is 0 Å². The zero-order chi connectivity index (χ0) is 19.0. The summed E-state index contributed by atoms with van der Waals surface area (Å²) in [6.07, 6.45) is 0. The normalized spacial score (nSPS) is 11.0. The first-order valence-electron chi connectivity index (χ1n) is 8.08. The van der Waals surface area contributed by atoms with E-state index < -0.39 is 0 Å². The molecule has 0 fully saturated rings. The Kier molecular flexibility index (Phi) is 5.16. The first-order valence-corrected chi connectivity index (χ1v) is 9.60. The third kappa shape index (κ3) is 3.85. The van der Waals surface area contributed by atoms with Crippen LogP contribution in [0.3, 0.4) is 0 Å². The standard InChI is InChI=1S/C21H12Cl4N2/c22-15-5-1-13(2-6-15)19-12-20(14-3-7-16(23)8-4-14)27(26-19)21-11-17(24)9-10-18(21)25/h1-12H. The molecule has 0 aliphatic heterocycles. The van der Waals surface area contributed by atoms with Crippen LogP contribution < -0.4 is 0 Å². The van der Waals surface area contributed by atoms with E-state index >= 15 is 0 Å². The number of halogens is 4. The fourth-order valence-electron chi connectivity index (χ4n) is 2.80. The predicted molar refractivity (Wildman–Crippen MR) is 114 cm³/mol. The van der Waals surface area contributed by atoms with Gasteiger partial charge in [0, 0.05) is 26.2 Å². The Morgan fingerprint density at radius 1 is 0.593 bits per heavy atom. The lowest BCUT2D eigenvalue weighted by Gasteiger charge is -2.10. The molecule has 1 aromatic heterocycles. The molecule has 0 aliphatic carbocycles. The largest absolute Gasteiger partial charge is 0.231 e. The monoisotopic (exact) mass is 432 g/mol. The van der Waals surface area contributed by atoms with Crippen molar-refractivity contribution in [1.82, 2.24) is 9.78 Å². The van der Waals surface area contributed by atoms with Crippen molar-refractivity contribution in [3.8, 4) is 28.2 Å². The van der Waals surface area contributed by atoms with Crippen LogP contribution in [-0.2, 0) is 0 Å². The summed E-state index contributed by atoms with van der Waals surface area (Å²) in [5, 5.41) is 7.26. The number of rotatable bonds is 3. The molecule has 0 spiro atoms. The Morgan fingerprint density at radius 2 is 1.15 bits per heavy atom. The number of hydrogen-bond acceptors (Lipinski definition) is 1. The van der Waals surface area contributed by atoms with Gasteiger partial charge in [0.2, 0.25) is 0 Å². The van der Waals surface area contributed by atoms with Gasteiger partial charge in [-0.1, -0.05) is 70.7 Å². The molecule has 0 radical (unpaired) electrons. The number of benzene rings is 3. The summed E-state index contributed by atoms with van der Waals surface area (Å²) < 4.78 is 1.79. The summed E-state index contributed by atoms with van der Waals surface area (Å²) in [5.41, 5.74) is 4.29. The molecule has 4 aromatic rings. The van der Waals surface area contributed by atoms with Crippen molar-refractivity contribution >= 4 is 46.4 Å². The molecule has 0 saturated carbocycles. The van der Waals surface area contributed by atoms with E-state index in [1.54, 1.807) is 22.9 Å². The van der Waals surface area contributed by atoms with Gasteiger partial charge in [0.25, 0.3) is 0 Å². The van der Waals surface area contributed by atoms with Crippen LogP contribution in [0.5, 0.6) is 0 Å². The van der Waals surface area contributed by atoms with Crippen LogP contribution in [0.2, 0.25) is 20.1 Å². The van der Waals surface area contributed by atoms with Gasteiger partial charge in [-0.25, -0.2) is 4.68 Å². The summed E-state index contributed by atoms with van der Waals surface area (Å²) in [5.74, 6) is 0. The molecule has 2 nitrogen and oxygen atoms in total. The first kappa shape index (κ1) is 18.4. The Labute approximate surface area is 176 Å². The first-order chi connectivity index (χ1) is 13.0. The van der Waals surface area contributed by atoms with Gasteiger partial charge in [0.05, 0.1) is 22.1 Å². The lowest BCUT2D eigenvalue weighted by molar-refractivity contribution is 0.892. The second kappa shape index (κ2) is 7.57. The van der Waals surface area contributed by atoms with E-state index in [-0.39, 0.29) is 0 Å². The summed E-state index contributed by atoms with van der Waals surface area (Å²) in [6.45, 7) is 0. The SMILES string of the molecule is Clc1ccc(-c2cc(-c3ccc(Cl)cc3)n(-c3cc(Cl)ccc3Cl)n2)cc1. The fourth-order valence-corrected chi connectivity index (χ4v) is 3.42. The van der Waals surface area contributed by atoms with Gasteiger partial charge in [-0.05, 0) is 48.5 Å². The van der Waals surface area contributed by atoms with E-state index in [2.05, 4.69) is 0 Å². The summed E-state index contributed by atoms with van der Waals surface area (Å²) >= 11 is 24.7. The molecular weight excluding hydrogens is 422 g/mol. The zero-order valence-electron chi connectivity index (χ0n) is 13.8. The molecule has 0 N–H and O–H groups in total. The summed E-state index contributed by atoms with van der Waals surface area (Å²) in [7, 11) is 0. The Bertz CT molecular complexity index is 1100. The average Bonchev–Trinajstić information content (AvgIpc) is 3.10. The highest BCUT2D eigenvalue weighted by atomic mass is 35.5. The van der Waals surface area contributed by atoms with E-state index in [0.29, 0.717) is 25.8 Å². The molecule has 0 aliphatic rings. The molecule has 0 amide bonds. The molecule has 0 unspecified atom stereocenters. The maximum atomic E-state index is 6.43. The highest BCUT2D eigenvalue weighted by Gasteiger charge is 2.15. The van der Waals surface area contributed by atoms with Crippen LogP contribution >= 0.6 is 46.4 Å². The second-order valence-electron chi connectivity index (χ2n) is 5.94. The minimum Gasteiger partial charge on any atom is -0.231 e. The van der Waals surface area contributed by atoms with Crippen molar-refractivity contribution in [2.45, 2.75) is 0 Å². The Balaban J connectivity index is 1.93. The summed E-state index contributed by atoms with van der Waals surface area (Å²) in [4.78, 5) is 0. The van der Waals surface area contributed by atoms with E-state index in [0.717, 1.165) is 22.5 Å². The van der Waals surface area contributed by atoms with Crippen molar-refractivity contribution in [1.29, 1.82) is 0 Å². The Hall–Kier alpha value is -1.97. The van der Waals surface area contributed by atoms with Crippen molar-refractivity contribution in [2.24, 2.45) is 0 Å². The summed E-state index contributed by atoms with van der Waals surface area (Å²) in [6, 6.07) is 22.4. The number of aromatic nitrogens is 2. The lowest BCUT2D eigenvalue weighted by Crippen LogP contribution is -2.00. The van der Waals surface area contributed by atoms with E-state index in [1.165, 1.54) is 0 Å². The molecule has 134 valence electrons. The van der Waals surface area contributed by atoms with Crippen LogP contribution in [0.15, 0.2) is 72.8 Å². The van der Waals surface area contributed by atoms with Crippen LogP contribution in [0.25, 0.3) is 28.2 Å². The minimum atomic E-state index is 0.556. The van der Waals surface area contributed by atoms with Gasteiger partial charge in [0.15, 0.2) is 0 Å². The average molecular weight is 434 g/mol. The van der Waals surface area contributed by atoms with Gasteiger partial charge < -0.3 is 0 Å². The van der Waals surface area contributed by atoms with Gasteiger partial charge in [-0.2, -0.15) is 5.10 Å². The van der Waals surface area contributed by atoms with Gasteiger partial charge in [-0.3, -0.25) is 0 Å². The van der Waals surface area contributed by atoms with Crippen LogP contribution in [0, 0.1) is 0 Å². The van der Waals surface area contributed by atoms with Crippen molar-refractivity contribution in [3.05, 3.63) is 92.9 Å². The van der Waals surface area contributed by atoms with Crippen LogP contribution in [0.4, 0.5) is 0 Å². The third-order valence-electron chi connectivity index (χ3n) is 4.13. The lowest BCUT2D eigenvalue weighted by atomic mass is 10.1. The maximum Gasteiger partial charge on any atom is 0.0934 e. The molecule has 0 bridgehead atoms. The van der Waals surface area contributed by atoms with Crippen LogP contribution in [-0.4, -0.2) is 9.78 Å². The Morgan fingerprint density at radius 3 is 1.78 bits per heavy atom. The molecule has 27 heavy (non-hydrogen) atoms. The number of nitrogens with zero attached hydrogens (tertiary/aromatic N) is 2. The van der Waals surface area contributed by atoms with Gasteiger partial charge in [0.1, 0.15) is 0 Å². The smallest absolute Gasteiger partial charge is 0.0934 e. The molecular formula is C21H12Cl4N2. The molecule has 6 heteroatoms. The van der Waals surface area contributed by atoms with Gasteiger partial charge >= 0.3 is 0 Å². The molecule has 3 aromatic carbocycles. The third-order valence-corrected chi connectivity index (χ3v) is 5.18. The zero-order valence-corrected chi connectivity index (χ0v) is 16.9. The highest BCUT2D eigenvalue weighted by molar-refractivity contribution is 6.34. The quantitative estimate of drug-likeness (QED) is 0.322. The molecule has 0 saturated heterocycles. The van der Waals surface area contributed by atoms with E-state index in [4.69, 9.17) is 51.5 Å². The minimum absolute atomic E-state index is 0.556.